The molecule has 17 heavy (non-hydrogen) atoms. The highest BCUT2D eigenvalue weighted by atomic mass is 19.4. The molecule has 0 aromatic rings. The van der Waals surface area contributed by atoms with Crippen molar-refractivity contribution in [1.29, 1.82) is 0 Å². The van der Waals surface area contributed by atoms with Crippen molar-refractivity contribution in [2.45, 2.75) is 38.8 Å². The summed E-state index contributed by atoms with van der Waals surface area (Å²) < 4.78 is 35.8. The Morgan fingerprint density at radius 3 is 2.18 bits per heavy atom. The topological polar surface area (TPSA) is 37.4 Å². The molecule has 0 bridgehead atoms. The highest BCUT2D eigenvalue weighted by Crippen LogP contribution is 2.25. The first kappa shape index (κ1) is 14.0. The Labute approximate surface area is 98.0 Å². The zero-order valence-corrected chi connectivity index (χ0v) is 9.72. The zero-order chi connectivity index (χ0) is 13.1. The van der Waals surface area contributed by atoms with Crippen molar-refractivity contribution in [3.63, 3.8) is 0 Å². The van der Waals surface area contributed by atoms with Crippen molar-refractivity contribution in [3.8, 4) is 0 Å². The van der Waals surface area contributed by atoms with Crippen LogP contribution in [0.3, 0.4) is 0 Å². The van der Waals surface area contributed by atoms with Crippen LogP contribution in [0.15, 0.2) is 0 Å². The Morgan fingerprint density at radius 1 is 1.24 bits per heavy atom. The molecule has 3 nitrogen and oxygen atoms in total. The predicted octanol–water partition coefficient (Wildman–Crippen LogP) is 2.16. The lowest BCUT2D eigenvalue weighted by atomic mass is 9.90. The Hall–Kier alpha value is -1.07. The first-order chi connectivity index (χ1) is 7.79. The first-order valence-electron chi connectivity index (χ1n) is 5.64. The second-order valence-corrected chi connectivity index (χ2v) is 4.36. The molecule has 1 fully saturated rings. The third-order valence-corrected chi connectivity index (χ3v) is 3.05. The maximum absolute atomic E-state index is 11.9. The zero-order valence-electron chi connectivity index (χ0n) is 9.72. The summed E-state index contributed by atoms with van der Waals surface area (Å²) in [6.45, 7) is 2.39. The van der Waals surface area contributed by atoms with Crippen molar-refractivity contribution in [2.24, 2.45) is 5.92 Å². The van der Waals surface area contributed by atoms with Crippen molar-refractivity contribution in [3.05, 3.63) is 0 Å². The number of carbonyl (C=O) groups excluding carboxylic acids is 2. The maximum Gasteiger partial charge on any atom is 0.389 e. The average Bonchev–Trinajstić information content (AvgIpc) is 2.25. The Kier molecular flexibility index (Phi) is 4.54. The molecule has 0 aromatic carbocycles. The molecule has 0 aromatic heterocycles. The van der Waals surface area contributed by atoms with Gasteiger partial charge in [0.2, 0.25) is 5.91 Å². The van der Waals surface area contributed by atoms with E-state index < -0.39 is 19.0 Å². The van der Waals surface area contributed by atoms with Gasteiger partial charge in [-0.3, -0.25) is 9.59 Å². The molecule has 0 radical (unpaired) electrons. The van der Waals surface area contributed by atoms with E-state index in [0.29, 0.717) is 25.9 Å². The maximum atomic E-state index is 11.9. The van der Waals surface area contributed by atoms with Gasteiger partial charge in [0.15, 0.2) is 0 Å². The minimum Gasteiger partial charge on any atom is -0.343 e. The summed E-state index contributed by atoms with van der Waals surface area (Å²) in [7, 11) is 0. The smallest absolute Gasteiger partial charge is 0.343 e. The number of carbonyl (C=O) groups is 2. The van der Waals surface area contributed by atoms with Crippen LogP contribution in [0.2, 0.25) is 0 Å². The third kappa shape index (κ3) is 4.75. The van der Waals surface area contributed by atoms with E-state index in [1.165, 1.54) is 6.92 Å². The van der Waals surface area contributed by atoms with Crippen molar-refractivity contribution >= 4 is 11.7 Å². The van der Waals surface area contributed by atoms with Crippen LogP contribution in [0.1, 0.15) is 32.6 Å². The normalized spacial score (nSPS) is 18.2. The highest BCUT2D eigenvalue weighted by Gasteiger charge is 2.31. The molecule has 6 heteroatoms. The largest absolute Gasteiger partial charge is 0.389 e. The quantitative estimate of drug-likeness (QED) is 0.770. The fourth-order valence-corrected chi connectivity index (χ4v) is 1.99. The minimum atomic E-state index is -4.27. The molecule has 0 unspecified atom stereocenters. The van der Waals surface area contributed by atoms with E-state index in [4.69, 9.17) is 0 Å². The van der Waals surface area contributed by atoms with Gasteiger partial charge in [0.25, 0.3) is 0 Å². The molecule has 98 valence electrons. The molecule has 0 atom stereocenters. The number of halogens is 3. The molecule has 1 amide bonds. The highest BCUT2D eigenvalue weighted by molar-refractivity contribution is 5.81. The van der Waals surface area contributed by atoms with E-state index in [9.17, 15) is 22.8 Å². The number of Topliss-reactive ketones (excluding diaryl/α,β-unsaturated/α-hetero) is 1. The number of hydrogen-bond acceptors (Lipinski definition) is 2. The van der Waals surface area contributed by atoms with Gasteiger partial charge in [0.05, 0.1) is 6.42 Å². The first-order valence-corrected chi connectivity index (χ1v) is 5.64. The van der Waals surface area contributed by atoms with Gasteiger partial charge >= 0.3 is 6.18 Å². The number of ketones is 1. The van der Waals surface area contributed by atoms with Crippen LogP contribution in [0, 0.1) is 5.92 Å². The van der Waals surface area contributed by atoms with Gasteiger partial charge in [-0.25, -0.2) is 0 Å². The van der Waals surface area contributed by atoms with E-state index >= 15 is 0 Å². The van der Waals surface area contributed by atoms with Gasteiger partial charge in [-0.15, -0.1) is 0 Å². The van der Waals surface area contributed by atoms with Crippen molar-refractivity contribution in [1.82, 2.24) is 4.90 Å². The second kappa shape index (κ2) is 5.51. The number of amides is 1. The number of hydrogen-bond donors (Lipinski definition) is 0. The Balaban J connectivity index is 2.33. The summed E-state index contributed by atoms with van der Waals surface area (Å²) >= 11 is 0. The minimum absolute atomic E-state index is 0.0498. The molecule has 1 aliphatic heterocycles. The molecule has 1 rings (SSSR count). The summed E-state index contributed by atoms with van der Waals surface area (Å²) in [6.07, 6.45) is -4.78. The van der Waals surface area contributed by atoms with Crippen LogP contribution < -0.4 is 0 Å². The van der Waals surface area contributed by atoms with Crippen LogP contribution in [0.5, 0.6) is 0 Å². The monoisotopic (exact) mass is 251 g/mol. The fourth-order valence-electron chi connectivity index (χ4n) is 1.99. The lowest BCUT2D eigenvalue weighted by molar-refractivity contribution is -0.145. The average molecular weight is 251 g/mol. The molecular formula is C11H16F3NO2. The Morgan fingerprint density at radius 2 is 1.76 bits per heavy atom. The van der Waals surface area contributed by atoms with Crippen molar-refractivity contribution in [2.75, 3.05) is 13.1 Å². The number of alkyl halides is 3. The van der Waals surface area contributed by atoms with Gasteiger partial charge in [0, 0.05) is 32.4 Å². The fraction of sp³-hybridized carbons (Fsp3) is 0.818. The molecule has 1 saturated heterocycles. The molecule has 0 saturated carbocycles. The van der Waals surface area contributed by atoms with E-state index in [2.05, 4.69) is 0 Å². The van der Waals surface area contributed by atoms with E-state index in [0.717, 1.165) is 0 Å². The van der Waals surface area contributed by atoms with E-state index in [-0.39, 0.29) is 17.6 Å². The third-order valence-electron chi connectivity index (χ3n) is 3.05. The van der Waals surface area contributed by atoms with Gasteiger partial charge in [-0.1, -0.05) is 0 Å². The molecule has 0 spiro atoms. The second-order valence-electron chi connectivity index (χ2n) is 4.36. The van der Waals surface area contributed by atoms with Gasteiger partial charge in [-0.05, 0) is 12.8 Å². The van der Waals surface area contributed by atoms with Crippen LogP contribution in [-0.4, -0.2) is 35.9 Å². The number of piperidine rings is 1. The SMILES string of the molecule is CC(=O)N1CCC(C(=O)CCC(F)(F)F)CC1. The molecule has 0 aliphatic carbocycles. The standard InChI is InChI=1S/C11H16F3NO2/c1-8(16)15-6-3-9(4-7-15)10(17)2-5-11(12,13)14/h9H,2-7H2,1H3. The lowest BCUT2D eigenvalue weighted by Gasteiger charge is -2.30. The van der Waals surface area contributed by atoms with E-state index in [1.807, 2.05) is 0 Å². The van der Waals surface area contributed by atoms with Gasteiger partial charge in [0.1, 0.15) is 5.78 Å². The van der Waals surface area contributed by atoms with Crippen molar-refractivity contribution < 1.29 is 22.8 Å². The van der Waals surface area contributed by atoms with Crippen LogP contribution in [-0.2, 0) is 9.59 Å². The predicted molar refractivity (Wildman–Crippen MR) is 55.3 cm³/mol. The number of nitrogens with zero attached hydrogens (tertiary/aromatic N) is 1. The number of likely N-dealkylation sites (tertiary alicyclic amines) is 1. The lowest BCUT2D eigenvalue weighted by Crippen LogP contribution is -2.39. The summed E-state index contributed by atoms with van der Waals surface area (Å²) in [5.74, 6) is -0.690. The number of rotatable bonds is 3. The summed E-state index contributed by atoms with van der Waals surface area (Å²) in [5, 5.41) is 0. The van der Waals surface area contributed by atoms with Crippen LogP contribution >= 0.6 is 0 Å². The van der Waals surface area contributed by atoms with Crippen LogP contribution in [0.4, 0.5) is 13.2 Å². The van der Waals surface area contributed by atoms with Gasteiger partial charge < -0.3 is 4.90 Å². The van der Waals surface area contributed by atoms with Crippen LogP contribution in [0.25, 0.3) is 0 Å². The Bertz CT molecular complexity index is 294. The summed E-state index contributed by atoms with van der Waals surface area (Å²) in [5.41, 5.74) is 0. The van der Waals surface area contributed by atoms with E-state index in [1.54, 1.807) is 4.90 Å². The molecule has 0 N–H and O–H groups in total. The molecular weight excluding hydrogens is 235 g/mol. The molecule has 1 heterocycles. The molecule has 1 aliphatic rings. The summed E-state index contributed by atoms with van der Waals surface area (Å²) in [4.78, 5) is 24.2. The van der Waals surface area contributed by atoms with Gasteiger partial charge in [-0.2, -0.15) is 13.2 Å². The summed E-state index contributed by atoms with van der Waals surface area (Å²) in [6, 6.07) is 0.